The minimum Gasteiger partial charge on any atom is -0.460 e. The Kier molecular flexibility index (Phi) is 7.91. The highest BCUT2D eigenvalue weighted by atomic mass is 16.7. The van der Waals surface area contributed by atoms with E-state index in [-0.39, 0.29) is 12.9 Å². The molecule has 0 bridgehead atoms. The van der Waals surface area contributed by atoms with Gasteiger partial charge in [0.15, 0.2) is 6.29 Å². The van der Waals surface area contributed by atoms with Crippen LogP contribution in [0.5, 0.6) is 0 Å². The van der Waals surface area contributed by atoms with E-state index in [2.05, 4.69) is 6.58 Å². The van der Waals surface area contributed by atoms with Crippen LogP contribution in [0, 0.1) is 0 Å². The van der Waals surface area contributed by atoms with E-state index in [1.165, 1.54) is 25.7 Å². The molecule has 2 aliphatic rings. The molecule has 0 unspecified atom stereocenters. The zero-order chi connectivity index (χ0) is 15.6. The van der Waals surface area contributed by atoms with Crippen LogP contribution in [0.2, 0.25) is 0 Å². The summed E-state index contributed by atoms with van der Waals surface area (Å²) >= 11 is 0. The first-order valence-electron chi connectivity index (χ1n) is 8.46. The Morgan fingerprint density at radius 2 is 1.55 bits per heavy atom. The molecule has 0 aromatic carbocycles. The van der Waals surface area contributed by atoms with Crippen molar-refractivity contribution in [1.29, 1.82) is 0 Å². The van der Waals surface area contributed by atoms with Crippen LogP contribution in [0.3, 0.4) is 0 Å². The Morgan fingerprint density at radius 3 is 2.05 bits per heavy atom. The molecule has 0 spiro atoms. The van der Waals surface area contributed by atoms with E-state index in [9.17, 15) is 4.79 Å². The predicted octanol–water partition coefficient (Wildman–Crippen LogP) is 2.98. The second-order valence-electron chi connectivity index (χ2n) is 5.96. The average Bonchev–Trinajstić information content (AvgIpc) is 3.20. The summed E-state index contributed by atoms with van der Waals surface area (Å²) in [5.74, 6) is -0.426. The van der Waals surface area contributed by atoms with Gasteiger partial charge < -0.3 is 18.9 Å². The lowest BCUT2D eigenvalue weighted by Crippen LogP contribution is -2.31. The van der Waals surface area contributed by atoms with Crippen LogP contribution < -0.4 is 0 Å². The highest BCUT2D eigenvalue weighted by molar-refractivity contribution is 5.81. The SMILES string of the molecule is C=CC(=O)OCCOCC(OC1CCCC1)OC1CCCC1. The summed E-state index contributed by atoms with van der Waals surface area (Å²) in [6.07, 6.45) is 10.8. The molecule has 5 heteroatoms. The number of hydrogen-bond donors (Lipinski definition) is 0. The summed E-state index contributed by atoms with van der Waals surface area (Å²) < 4.78 is 22.5. The van der Waals surface area contributed by atoms with Crippen LogP contribution in [0.4, 0.5) is 0 Å². The van der Waals surface area contributed by atoms with E-state index in [0.717, 1.165) is 31.8 Å². The quantitative estimate of drug-likeness (QED) is 0.269. The van der Waals surface area contributed by atoms with Gasteiger partial charge in [0.05, 0.1) is 25.4 Å². The van der Waals surface area contributed by atoms with E-state index < -0.39 is 5.97 Å². The van der Waals surface area contributed by atoms with Crippen molar-refractivity contribution >= 4 is 5.97 Å². The van der Waals surface area contributed by atoms with Crippen LogP contribution in [0.1, 0.15) is 51.4 Å². The topological polar surface area (TPSA) is 54.0 Å². The second-order valence-corrected chi connectivity index (χ2v) is 5.96. The van der Waals surface area contributed by atoms with Crippen molar-refractivity contribution in [3.8, 4) is 0 Å². The van der Waals surface area contributed by atoms with Gasteiger partial charge in [0.1, 0.15) is 6.61 Å². The Bertz CT molecular complexity index is 314. The molecule has 2 aliphatic carbocycles. The third kappa shape index (κ3) is 6.46. The van der Waals surface area contributed by atoms with Gasteiger partial charge in [-0.25, -0.2) is 4.79 Å². The molecule has 0 saturated heterocycles. The van der Waals surface area contributed by atoms with Gasteiger partial charge in [-0.3, -0.25) is 0 Å². The third-order valence-corrected chi connectivity index (χ3v) is 4.19. The minimum absolute atomic E-state index is 0.227. The molecule has 22 heavy (non-hydrogen) atoms. The fourth-order valence-electron chi connectivity index (χ4n) is 3.03. The van der Waals surface area contributed by atoms with Crippen LogP contribution in [-0.2, 0) is 23.7 Å². The Morgan fingerprint density at radius 1 is 1.00 bits per heavy atom. The van der Waals surface area contributed by atoms with Gasteiger partial charge >= 0.3 is 5.97 Å². The lowest BCUT2D eigenvalue weighted by atomic mass is 10.3. The van der Waals surface area contributed by atoms with E-state index in [1.54, 1.807) is 0 Å². The number of hydrogen-bond acceptors (Lipinski definition) is 5. The molecule has 5 nitrogen and oxygen atoms in total. The summed E-state index contributed by atoms with van der Waals surface area (Å²) in [6, 6.07) is 0. The Hall–Kier alpha value is -0.910. The van der Waals surface area contributed by atoms with Gasteiger partial charge in [0, 0.05) is 6.08 Å². The van der Waals surface area contributed by atoms with Gasteiger partial charge in [0.25, 0.3) is 0 Å². The van der Waals surface area contributed by atoms with Crippen molar-refractivity contribution in [3.63, 3.8) is 0 Å². The first-order valence-corrected chi connectivity index (χ1v) is 8.46. The highest BCUT2D eigenvalue weighted by Crippen LogP contribution is 2.26. The maximum Gasteiger partial charge on any atom is 0.330 e. The molecular weight excluding hydrogens is 284 g/mol. The van der Waals surface area contributed by atoms with Gasteiger partial charge in [-0.15, -0.1) is 0 Å². The monoisotopic (exact) mass is 312 g/mol. The molecule has 2 saturated carbocycles. The van der Waals surface area contributed by atoms with Crippen molar-refractivity contribution in [2.24, 2.45) is 0 Å². The standard InChI is InChI=1S/C17H28O5/c1-2-16(18)20-12-11-19-13-17(21-14-7-3-4-8-14)22-15-9-5-6-10-15/h2,14-15,17H,1,3-13H2. The molecule has 0 radical (unpaired) electrons. The summed E-state index contributed by atoms with van der Waals surface area (Å²) in [5.41, 5.74) is 0. The lowest BCUT2D eigenvalue weighted by molar-refractivity contribution is -0.215. The molecule has 0 atom stereocenters. The Balaban J connectivity index is 1.66. The number of esters is 1. The summed E-state index contributed by atoms with van der Waals surface area (Å²) in [7, 11) is 0. The molecule has 126 valence electrons. The molecule has 0 aliphatic heterocycles. The van der Waals surface area contributed by atoms with Gasteiger partial charge in [-0.1, -0.05) is 32.3 Å². The lowest BCUT2D eigenvalue weighted by Gasteiger charge is -2.25. The maximum absolute atomic E-state index is 10.9. The molecule has 0 amide bonds. The largest absolute Gasteiger partial charge is 0.460 e. The van der Waals surface area contributed by atoms with Crippen molar-refractivity contribution in [3.05, 3.63) is 12.7 Å². The van der Waals surface area contributed by atoms with Crippen molar-refractivity contribution in [1.82, 2.24) is 0 Å². The van der Waals surface area contributed by atoms with Gasteiger partial charge in [0.2, 0.25) is 0 Å². The van der Waals surface area contributed by atoms with E-state index in [0.29, 0.717) is 25.4 Å². The third-order valence-electron chi connectivity index (χ3n) is 4.19. The van der Waals surface area contributed by atoms with Crippen LogP contribution in [0.15, 0.2) is 12.7 Å². The normalized spacial score (nSPS) is 19.9. The molecular formula is C17H28O5. The fraction of sp³-hybridized carbons (Fsp3) is 0.824. The fourth-order valence-corrected chi connectivity index (χ4v) is 3.03. The van der Waals surface area contributed by atoms with Gasteiger partial charge in [-0.2, -0.15) is 0 Å². The summed E-state index contributed by atoms with van der Waals surface area (Å²) in [4.78, 5) is 10.9. The summed E-state index contributed by atoms with van der Waals surface area (Å²) in [5, 5.41) is 0. The molecule has 2 rings (SSSR count). The number of rotatable bonds is 10. The zero-order valence-electron chi connectivity index (χ0n) is 13.3. The Labute approximate surface area is 132 Å². The molecule has 0 aromatic rings. The van der Waals surface area contributed by atoms with E-state index in [1.807, 2.05) is 0 Å². The van der Waals surface area contributed by atoms with Crippen LogP contribution in [0.25, 0.3) is 0 Å². The molecule has 0 heterocycles. The van der Waals surface area contributed by atoms with Crippen LogP contribution in [-0.4, -0.2) is 44.3 Å². The average molecular weight is 312 g/mol. The molecule has 2 fully saturated rings. The summed E-state index contributed by atoms with van der Waals surface area (Å²) in [6.45, 7) is 4.31. The van der Waals surface area contributed by atoms with Crippen molar-refractivity contribution < 1.29 is 23.7 Å². The smallest absolute Gasteiger partial charge is 0.330 e. The van der Waals surface area contributed by atoms with Crippen molar-refractivity contribution in [2.45, 2.75) is 69.9 Å². The highest BCUT2D eigenvalue weighted by Gasteiger charge is 2.25. The van der Waals surface area contributed by atoms with E-state index >= 15 is 0 Å². The first kappa shape index (κ1) is 17.4. The predicted molar refractivity (Wildman–Crippen MR) is 82.4 cm³/mol. The molecule has 0 N–H and O–H groups in total. The van der Waals surface area contributed by atoms with Crippen molar-refractivity contribution in [2.75, 3.05) is 19.8 Å². The minimum atomic E-state index is -0.426. The van der Waals surface area contributed by atoms with Gasteiger partial charge in [-0.05, 0) is 25.7 Å². The first-order chi connectivity index (χ1) is 10.8. The molecule has 0 aromatic heterocycles. The number of carbonyl (C=O) groups is 1. The number of carbonyl (C=O) groups excluding carboxylic acids is 1. The van der Waals surface area contributed by atoms with E-state index in [4.69, 9.17) is 18.9 Å². The second kappa shape index (κ2) is 9.98. The van der Waals surface area contributed by atoms with Crippen LogP contribution >= 0.6 is 0 Å². The maximum atomic E-state index is 10.9. The number of ether oxygens (including phenoxy) is 4. The zero-order valence-corrected chi connectivity index (χ0v) is 13.3.